The lowest BCUT2D eigenvalue weighted by molar-refractivity contribution is -0.128. The molecule has 0 aliphatic carbocycles. The van der Waals surface area contributed by atoms with Crippen molar-refractivity contribution in [3.05, 3.63) is 58.6 Å². The van der Waals surface area contributed by atoms with Gasteiger partial charge in [0.2, 0.25) is 11.8 Å². The smallest absolute Gasteiger partial charge is 0.242 e. The van der Waals surface area contributed by atoms with E-state index in [9.17, 15) is 9.59 Å². The second-order valence-corrected chi connectivity index (χ2v) is 7.73. The molecule has 1 saturated heterocycles. The summed E-state index contributed by atoms with van der Waals surface area (Å²) in [5, 5.41) is 3.43. The van der Waals surface area contributed by atoms with E-state index in [1.807, 2.05) is 37.3 Å². The van der Waals surface area contributed by atoms with E-state index in [0.717, 1.165) is 5.69 Å². The van der Waals surface area contributed by atoms with Crippen LogP contribution in [0.4, 0.5) is 11.4 Å². The first-order chi connectivity index (χ1) is 13.0. The molecule has 0 saturated carbocycles. The van der Waals surface area contributed by atoms with Crippen molar-refractivity contribution < 1.29 is 9.59 Å². The van der Waals surface area contributed by atoms with Crippen molar-refractivity contribution in [3.63, 3.8) is 0 Å². The first-order valence-corrected chi connectivity index (χ1v) is 9.98. The van der Waals surface area contributed by atoms with E-state index < -0.39 is 5.25 Å². The summed E-state index contributed by atoms with van der Waals surface area (Å²) < 4.78 is 0. The highest BCUT2D eigenvalue weighted by atomic mass is 35.5. The SMILES string of the molecule is CCN1C(=O)C(CC(=O)Nc2cccc(Cl)c2Cl)SC1=Nc1ccccc1. The fourth-order valence-corrected chi connectivity index (χ4v) is 4.17. The van der Waals surface area contributed by atoms with Crippen LogP contribution >= 0.6 is 35.0 Å². The number of halogens is 2. The maximum absolute atomic E-state index is 12.6. The van der Waals surface area contributed by atoms with Gasteiger partial charge in [0, 0.05) is 13.0 Å². The minimum absolute atomic E-state index is 0.0245. The minimum Gasteiger partial charge on any atom is -0.325 e. The molecular weight excluding hydrogens is 405 g/mol. The molecular formula is C19H17Cl2N3O2S. The van der Waals surface area contributed by atoms with Crippen LogP contribution in [-0.2, 0) is 9.59 Å². The number of aliphatic imine (C=N–C) groups is 1. The lowest BCUT2D eigenvalue weighted by Crippen LogP contribution is -2.33. The van der Waals surface area contributed by atoms with Gasteiger partial charge in [-0.15, -0.1) is 0 Å². The molecule has 1 N–H and O–H groups in total. The van der Waals surface area contributed by atoms with Gasteiger partial charge in [0.15, 0.2) is 5.17 Å². The maximum atomic E-state index is 12.6. The largest absolute Gasteiger partial charge is 0.325 e. The summed E-state index contributed by atoms with van der Waals surface area (Å²) in [5.74, 6) is -0.424. The summed E-state index contributed by atoms with van der Waals surface area (Å²) >= 11 is 13.4. The molecule has 2 aromatic rings. The number of nitrogens with one attached hydrogen (secondary N) is 1. The fourth-order valence-electron chi connectivity index (χ4n) is 2.60. The van der Waals surface area contributed by atoms with Crippen molar-refractivity contribution >= 4 is 63.3 Å². The molecule has 27 heavy (non-hydrogen) atoms. The number of rotatable bonds is 5. The number of anilines is 1. The summed E-state index contributed by atoms with van der Waals surface area (Å²) in [4.78, 5) is 31.2. The van der Waals surface area contributed by atoms with Crippen molar-refractivity contribution in [1.29, 1.82) is 0 Å². The standard InChI is InChI=1S/C19H17Cl2N3O2S/c1-2-24-18(26)15(27-19(24)22-12-7-4-3-5-8-12)11-16(25)23-14-10-6-9-13(20)17(14)21/h3-10,15H,2,11H2,1H3,(H,23,25). The molecule has 1 fully saturated rings. The predicted molar refractivity (Wildman–Crippen MR) is 112 cm³/mol. The topological polar surface area (TPSA) is 61.8 Å². The Bertz CT molecular complexity index is 890. The molecule has 140 valence electrons. The highest BCUT2D eigenvalue weighted by Crippen LogP contribution is 2.33. The molecule has 1 atom stereocenters. The normalized spacial score (nSPS) is 18.2. The van der Waals surface area contributed by atoms with Crippen molar-refractivity contribution in [2.45, 2.75) is 18.6 Å². The molecule has 0 aromatic heterocycles. The molecule has 1 aliphatic heterocycles. The summed E-state index contributed by atoms with van der Waals surface area (Å²) in [5.41, 5.74) is 1.19. The summed E-state index contributed by atoms with van der Waals surface area (Å²) in [6.45, 7) is 2.38. The average molecular weight is 422 g/mol. The maximum Gasteiger partial charge on any atom is 0.242 e. The van der Waals surface area contributed by atoms with Crippen molar-refractivity contribution in [3.8, 4) is 0 Å². The van der Waals surface area contributed by atoms with Crippen molar-refractivity contribution in [2.75, 3.05) is 11.9 Å². The highest BCUT2D eigenvalue weighted by Gasteiger charge is 2.38. The third kappa shape index (κ3) is 4.64. The molecule has 5 nitrogen and oxygen atoms in total. The van der Waals surface area contributed by atoms with Gasteiger partial charge in [-0.1, -0.05) is 59.2 Å². The van der Waals surface area contributed by atoms with E-state index >= 15 is 0 Å². The number of nitrogens with zero attached hydrogens (tertiary/aromatic N) is 2. The second kappa shape index (κ2) is 8.78. The third-order valence-electron chi connectivity index (χ3n) is 3.91. The predicted octanol–water partition coefficient (Wildman–Crippen LogP) is 4.97. The monoisotopic (exact) mass is 421 g/mol. The van der Waals surface area contributed by atoms with Crippen LogP contribution in [0.15, 0.2) is 53.5 Å². The lowest BCUT2D eigenvalue weighted by Gasteiger charge is -2.13. The van der Waals surface area contributed by atoms with Crippen LogP contribution < -0.4 is 5.32 Å². The second-order valence-electron chi connectivity index (χ2n) is 5.77. The van der Waals surface area contributed by atoms with E-state index in [4.69, 9.17) is 23.2 Å². The van der Waals surface area contributed by atoms with E-state index in [1.54, 1.807) is 23.1 Å². The molecule has 1 unspecified atom stereocenters. The Labute approximate surface area is 171 Å². The zero-order valence-electron chi connectivity index (χ0n) is 14.5. The molecule has 0 radical (unpaired) electrons. The number of hydrogen-bond acceptors (Lipinski definition) is 4. The third-order valence-corrected chi connectivity index (χ3v) is 5.91. The van der Waals surface area contributed by atoms with Crippen LogP contribution in [0, 0.1) is 0 Å². The van der Waals surface area contributed by atoms with Crippen LogP contribution in [0.25, 0.3) is 0 Å². The molecule has 0 spiro atoms. The minimum atomic E-state index is -0.523. The number of thioether (sulfide) groups is 1. The number of hydrogen-bond donors (Lipinski definition) is 1. The first kappa shape index (κ1) is 19.7. The van der Waals surface area contributed by atoms with Crippen molar-refractivity contribution in [2.24, 2.45) is 4.99 Å². The summed E-state index contributed by atoms with van der Waals surface area (Å²) in [6, 6.07) is 14.4. The van der Waals surface area contributed by atoms with E-state index in [1.165, 1.54) is 11.8 Å². The Kier molecular flexibility index (Phi) is 6.42. The average Bonchev–Trinajstić information content (AvgIpc) is 2.94. The van der Waals surface area contributed by atoms with Crippen LogP contribution in [0.2, 0.25) is 10.0 Å². The zero-order valence-corrected chi connectivity index (χ0v) is 16.8. The van der Waals surface area contributed by atoms with Gasteiger partial charge in [-0.2, -0.15) is 0 Å². The van der Waals surface area contributed by atoms with Gasteiger partial charge in [0.25, 0.3) is 0 Å². The van der Waals surface area contributed by atoms with Gasteiger partial charge in [-0.3, -0.25) is 14.5 Å². The Morgan fingerprint density at radius 3 is 2.63 bits per heavy atom. The van der Waals surface area contributed by atoms with Crippen molar-refractivity contribution in [1.82, 2.24) is 4.90 Å². The Morgan fingerprint density at radius 1 is 1.19 bits per heavy atom. The molecule has 2 aromatic carbocycles. The van der Waals surface area contributed by atoms with Crippen LogP contribution in [0.1, 0.15) is 13.3 Å². The van der Waals surface area contributed by atoms with Gasteiger partial charge in [0.05, 0.1) is 21.4 Å². The number of para-hydroxylation sites is 1. The molecule has 8 heteroatoms. The number of amides is 2. The fraction of sp³-hybridized carbons (Fsp3) is 0.211. The van der Waals surface area contributed by atoms with Gasteiger partial charge < -0.3 is 5.32 Å². The number of carbonyl (C=O) groups is 2. The highest BCUT2D eigenvalue weighted by molar-refractivity contribution is 8.15. The van der Waals surface area contributed by atoms with E-state index in [2.05, 4.69) is 10.3 Å². The quantitative estimate of drug-likeness (QED) is 0.740. The Hall–Kier alpha value is -2.02. The zero-order chi connectivity index (χ0) is 19.4. The Balaban J connectivity index is 1.71. The number of carbonyl (C=O) groups excluding carboxylic acids is 2. The summed E-state index contributed by atoms with van der Waals surface area (Å²) in [6.07, 6.45) is 0.0245. The molecule has 2 amide bonds. The van der Waals surface area contributed by atoms with Crippen LogP contribution in [0.5, 0.6) is 0 Å². The van der Waals surface area contributed by atoms with E-state index in [-0.39, 0.29) is 23.3 Å². The molecule has 1 heterocycles. The molecule has 3 rings (SSSR count). The molecule has 0 bridgehead atoms. The first-order valence-electron chi connectivity index (χ1n) is 8.35. The summed E-state index contributed by atoms with van der Waals surface area (Å²) in [7, 11) is 0. The van der Waals surface area contributed by atoms with Gasteiger partial charge in [-0.05, 0) is 31.2 Å². The van der Waals surface area contributed by atoms with Gasteiger partial charge >= 0.3 is 0 Å². The number of amidine groups is 1. The molecule has 1 aliphatic rings. The lowest BCUT2D eigenvalue weighted by atomic mass is 10.2. The Morgan fingerprint density at radius 2 is 1.93 bits per heavy atom. The number of benzene rings is 2. The van der Waals surface area contributed by atoms with Crippen LogP contribution in [-0.4, -0.2) is 33.7 Å². The van der Waals surface area contributed by atoms with Crippen LogP contribution in [0.3, 0.4) is 0 Å². The van der Waals surface area contributed by atoms with Gasteiger partial charge in [0.1, 0.15) is 5.25 Å². The van der Waals surface area contributed by atoms with Gasteiger partial charge in [-0.25, -0.2) is 4.99 Å². The van der Waals surface area contributed by atoms with E-state index in [0.29, 0.717) is 22.4 Å².